The van der Waals surface area contributed by atoms with E-state index in [0.29, 0.717) is 19.2 Å². The van der Waals surface area contributed by atoms with Gasteiger partial charge >= 0.3 is 0 Å². The molecule has 0 spiro atoms. The highest BCUT2D eigenvalue weighted by molar-refractivity contribution is 5.30. The Morgan fingerprint density at radius 3 is 2.62 bits per heavy atom. The predicted molar refractivity (Wildman–Crippen MR) is 88.2 cm³/mol. The lowest BCUT2D eigenvalue weighted by Gasteiger charge is -2.33. The van der Waals surface area contributed by atoms with E-state index in [1.54, 1.807) is 7.11 Å². The summed E-state index contributed by atoms with van der Waals surface area (Å²) in [6.45, 7) is 2.47. The largest absolute Gasteiger partial charge is 0.380 e. The van der Waals surface area contributed by atoms with Crippen molar-refractivity contribution >= 4 is 0 Å². The van der Waals surface area contributed by atoms with Crippen LogP contribution in [0.1, 0.15) is 49.3 Å². The molecule has 1 atom stereocenters. The van der Waals surface area contributed by atoms with Crippen LogP contribution in [-0.4, -0.2) is 32.1 Å². The molecule has 1 saturated carbocycles. The Bertz CT molecular complexity index is 415. The van der Waals surface area contributed by atoms with Gasteiger partial charge in [-0.05, 0) is 36.9 Å². The maximum absolute atomic E-state index is 6.09. The van der Waals surface area contributed by atoms with E-state index < -0.39 is 0 Å². The van der Waals surface area contributed by atoms with E-state index in [2.05, 4.69) is 36.2 Å². The van der Waals surface area contributed by atoms with Gasteiger partial charge in [-0.2, -0.15) is 0 Å². The summed E-state index contributed by atoms with van der Waals surface area (Å²) >= 11 is 0. The molecule has 21 heavy (non-hydrogen) atoms. The molecule has 0 radical (unpaired) electrons. The highest BCUT2D eigenvalue weighted by atomic mass is 16.5. The first-order valence-corrected chi connectivity index (χ1v) is 8.23. The monoisotopic (exact) mass is 290 g/mol. The zero-order valence-electron chi connectivity index (χ0n) is 13.6. The van der Waals surface area contributed by atoms with Gasteiger partial charge in [-0.15, -0.1) is 0 Å². The van der Waals surface area contributed by atoms with E-state index in [9.17, 15) is 0 Å². The van der Waals surface area contributed by atoms with Crippen molar-refractivity contribution in [3.63, 3.8) is 0 Å². The van der Waals surface area contributed by atoms with E-state index in [4.69, 9.17) is 10.5 Å². The Hall–Kier alpha value is -0.900. The first-order valence-electron chi connectivity index (χ1n) is 8.23. The molecule has 3 heteroatoms. The molecule has 0 amide bonds. The normalized spacial score (nSPS) is 18.1. The van der Waals surface area contributed by atoms with Gasteiger partial charge in [-0.3, -0.25) is 4.90 Å². The van der Waals surface area contributed by atoms with Crippen molar-refractivity contribution < 1.29 is 4.74 Å². The molecule has 1 fully saturated rings. The molecule has 1 aromatic carbocycles. The van der Waals surface area contributed by atoms with Crippen molar-refractivity contribution in [1.29, 1.82) is 0 Å². The fourth-order valence-corrected chi connectivity index (χ4v) is 3.59. The molecule has 1 aromatic rings. The lowest BCUT2D eigenvalue weighted by atomic mass is 9.88. The van der Waals surface area contributed by atoms with Crippen LogP contribution in [0.3, 0.4) is 0 Å². The summed E-state index contributed by atoms with van der Waals surface area (Å²) in [5.41, 5.74) is 8.67. The maximum atomic E-state index is 6.09. The molecular formula is C18H30N2O. The molecule has 1 aliphatic rings. The molecular weight excluding hydrogens is 260 g/mol. The molecule has 0 aliphatic heterocycles. The third-order valence-corrected chi connectivity index (χ3v) is 4.74. The van der Waals surface area contributed by atoms with Crippen molar-refractivity contribution in [2.45, 2.75) is 44.8 Å². The van der Waals surface area contributed by atoms with Crippen LogP contribution in [0.15, 0.2) is 24.3 Å². The molecule has 118 valence electrons. The molecule has 1 aliphatic carbocycles. The number of nitrogens with two attached hydrogens (primary N) is 1. The summed E-state index contributed by atoms with van der Waals surface area (Å²) in [6.07, 6.45) is 6.96. The predicted octanol–water partition coefficient (Wildman–Crippen LogP) is 3.34. The lowest BCUT2D eigenvalue weighted by molar-refractivity contribution is 0.170. The van der Waals surface area contributed by atoms with Crippen molar-refractivity contribution in [1.82, 2.24) is 4.90 Å². The molecule has 3 nitrogen and oxygen atoms in total. The van der Waals surface area contributed by atoms with Gasteiger partial charge in [-0.25, -0.2) is 0 Å². The standard InChI is InChI=1S/C18H30N2O/c1-20(13-15-8-4-3-5-9-15)18(12-19)17-11-7-6-10-16(17)14-21-2/h6-7,10-11,15,18H,3-5,8-9,12-14,19H2,1-2H3. The van der Waals surface area contributed by atoms with Crippen LogP contribution in [0.25, 0.3) is 0 Å². The van der Waals surface area contributed by atoms with Crippen LogP contribution in [-0.2, 0) is 11.3 Å². The zero-order valence-corrected chi connectivity index (χ0v) is 13.6. The number of benzene rings is 1. The van der Waals surface area contributed by atoms with Gasteiger partial charge in [0.05, 0.1) is 6.61 Å². The van der Waals surface area contributed by atoms with Crippen molar-refractivity contribution in [2.24, 2.45) is 11.7 Å². The zero-order chi connectivity index (χ0) is 15.1. The van der Waals surface area contributed by atoms with Gasteiger partial charge < -0.3 is 10.5 Å². The summed E-state index contributed by atoms with van der Waals surface area (Å²) in [5, 5.41) is 0. The molecule has 1 unspecified atom stereocenters. The van der Waals surface area contributed by atoms with E-state index in [0.717, 1.165) is 12.5 Å². The second kappa shape index (κ2) is 8.52. The van der Waals surface area contributed by atoms with E-state index >= 15 is 0 Å². The summed E-state index contributed by atoms with van der Waals surface area (Å²) in [4.78, 5) is 2.45. The molecule has 2 rings (SSSR count). The maximum Gasteiger partial charge on any atom is 0.0716 e. The summed E-state index contributed by atoms with van der Waals surface area (Å²) in [7, 11) is 3.97. The van der Waals surface area contributed by atoms with Crippen molar-refractivity contribution in [2.75, 3.05) is 27.2 Å². The summed E-state index contributed by atoms with van der Waals surface area (Å²) < 4.78 is 5.33. The number of methoxy groups -OCH3 is 1. The molecule has 0 aromatic heterocycles. The topological polar surface area (TPSA) is 38.5 Å². The molecule has 0 saturated heterocycles. The van der Waals surface area contributed by atoms with Gasteiger partial charge in [0.2, 0.25) is 0 Å². The lowest BCUT2D eigenvalue weighted by Crippen LogP contribution is -2.35. The summed E-state index contributed by atoms with van der Waals surface area (Å²) in [6, 6.07) is 8.82. The number of hydrogen-bond acceptors (Lipinski definition) is 3. The Kier molecular flexibility index (Phi) is 6.68. The van der Waals surface area contributed by atoms with Crippen LogP contribution in [0.5, 0.6) is 0 Å². The summed E-state index contributed by atoms with van der Waals surface area (Å²) in [5.74, 6) is 0.840. The Morgan fingerprint density at radius 2 is 1.95 bits per heavy atom. The SMILES string of the molecule is COCc1ccccc1C(CN)N(C)CC1CCCCC1. The quantitative estimate of drug-likeness (QED) is 0.837. The highest BCUT2D eigenvalue weighted by Gasteiger charge is 2.22. The van der Waals surface area contributed by atoms with E-state index in [1.807, 2.05) is 0 Å². The average Bonchev–Trinajstić information content (AvgIpc) is 2.51. The number of rotatable bonds is 7. The van der Waals surface area contributed by atoms with Gasteiger partial charge in [0, 0.05) is 26.2 Å². The van der Waals surface area contributed by atoms with Crippen LogP contribution in [0.4, 0.5) is 0 Å². The van der Waals surface area contributed by atoms with Crippen LogP contribution >= 0.6 is 0 Å². The Morgan fingerprint density at radius 1 is 1.24 bits per heavy atom. The number of likely N-dealkylation sites (N-methyl/N-ethyl adjacent to an activating group) is 1. The van der Waals surface area contributed by atoms with Crippen LogP contribution in [0.2, 0.25) is 0 Å². The number of nitrogens with zero attached hydrogens (tertiary/aromatic N) is 1. The second-order valence-electron chi connectivity index (χ2n) is 6.33. The van der Waals surface area contributed by atoms with E-state index in [1.165, 1.54) is 43.2 Å². The minimum Gasteiger partial charge on any atom is -0.380 e. The molecule has 0 bridgehead atoms. The minimum absolute atomic E-state index is 0.290. The first kappa shape index (κ1) is 16.5. The Labute approximate surface area is 129 Å². The smallest absolute Gasteiger partial charge is 0.0716 e. The molecule has 2 N–H and O–H groups in total. The van der Waals surface area contributed by atoms with Crippen molar-refractivity contribution in [3.05, 3.63) is 35.4 Å². The minimum atomic E-state index is 0.290. The third kappa shape index (κ3) is 4.53. The second-order valence-corrected chi connectivity index (χ2v) is 6.33. The van der Waals surface area contributed by atoms with Crippen LogP contribution < -0.4 is 5.73 Å². The van der Waals surface area contributed by atoms with Gasteiger partial charge in [0.15, 0.2) is 0 Å². The fourth-order valence-electron chi connectivity index (χ4n) is 3.59. The van der Waals surface area contributed by atoms with Gasteiger partial charge in [0.1, 0.15) is 0 Å². The highest BCUT2D eigenvalue weighted by Crippen LogP contribution is 2.28. The van der Waals surface area contributed by atoms with Gasteiger partial charge in [0.25, 0.3) is 0 Å². The fraction of sp³-hybridized carbons (Fsp3) is 0.667. The first-order chi connectivity index (χ1) is 10.3. The van der Waals surface area contributed by atoms with E-state index in [-0.39, 0.29) is 0 Å². The Balaban J connectivity index is 2.07. The number of ether oxygens (including phenoxy) is 1. The third-order valence-electron chi connectivity index (χ3n) is 4.74. The van der Waals surface area contributed by atoms with Crippen molar-refractivity contribution in [3.8, 4) is 0 Å². The molecule has 0 heterocycles. The number of hydrogen-bond donors (Lipinski definition) is 1. The van der Waals surface area contributed by atoms with Crippen LogP contribution in [0, 0.1) is 5.92 Å². The average molecular weight is 290 g/mol. The van der Waals surface area contributed by atoms with Gasteiger partial charge in [-0.1, -0.05) is 43.5 Å².